The van der Waals surface area contributed by atoms with Crippen molar-refractivity contribution in [1.82, 2.24) is 4.98 Å². The number of sulfonamides is 1. The predicted molar refractivity (Wildman–Crippen MR) is 91.8 cm³/mol. The fraction of sp³-hybridized carbons (Fsp3) is 0.0667. The summed E-state index contributed by atoms with van der Waals surface area (Å²) in [4.78, 5) is 16.1. The van der Waals surface area contributed by atoms with E-state index >= 15 is 0 Å². The van der Waals surface area contributed by atoms with Crippen molar-refractivity contribution in [3.05, 3.63) is 58.3 Å². The first-order chi connectivity index (χ1) is 11.8. The zero-order chi connectivity index (χ0) is 18.0. The SMILES string of the molecule is NS(=O)(=O)c1cc(C(=O)OCc2csc(-c3ccco3)n2)ccc1Cl. The van der Waals surface area contributed by atoms with Crippen LogP contribution in [0.15, 0.2) is 51.3 Å². The number of carbonyl (C=O) groups excluding carboxylic acids is 1. The van der Waals surface area contributed by atoms with Crippen LogP contribution in [0.1, 0.15) is 16.1 Å². The Morgan fingerprint density at radius 2 is 2.16 bits per heavy atom. The molecule has 2 N–H and O–H groups in total. The molecule has 25 heavy (non-hydrogen) atoms. The number of aromatic nitrogens is 1. The summed E-state index contributed by atoms with van der Waals surface area (Å²) in [6, 6.07) is 7.23. The summed E-state index contributed by atoms with van der Waals surface area (Å²) in [5, 5.41) is 7.40. The molecular weight excluding hydrogens is 388 g/mol. The quantitative estimate of drug-likeness (QED) is 0.661. The number of furan rings is 1. The van der Waals surface area contributed by atoms with Gasteiger partial charge in [0.2, 0.25) is 10.0 Å². The topological polar surface area (TPSA) is 112 Å². The maximum absolute atomic E-state index is 12.1. The van der Waals surface area contributed by atoms with Gasteiger partial charge in [0, 0.05) is 5.38 Å². The summed E-state index contributed by atoms with van der Waals surface area (Å²) in [5.41, 5.74) is 0.570. The van der Waals surface area contributed by atoms with E-state index in [1.54, 1.807) is 23.8 Å². The minimum absolute atomic E-state index is 0.0231. The number of hydrogen-bond donors (Lipinski definition) is 1. The highest BCUT2D eigenvalue weighted by molar-refractivity contribution is 7.89. The molecule has 3 rings (SSSR count). The largest absolute Gasteiger partial charge is 0.462 e. The Labute approximate surface area is 152 Å². The zero-order valence-electron chi connectivity index (χ0n) is 12.5. The van der Waals surface area contributed by atoms with E-state index in [1.807, 2.05) is 0 Å². The Morgan fingerprint density at radius 1 is 1.36 bits per heavy atom. The number of nitrogens with two attached hydrogens (primary N) is 1. The van der Waals surface area contributed by atoms with Crippen molar-refractivity contribution in [3.63, 3.8) is 0 Å². The Hall–Kier alpha value is -2.20. The lowest BCUT2D eigenvalue weighted by molar-refractivity contribution is 0.0468. The van der Waals surface area contributed by atoms with E-state index < -0.39 is 16.0 Å². The smallest absolute Gasteiger partial charge is 0.338 e. The standard InChI is InChI=1S/C15H11ClN2O5S2/c16-11-4-3-9(6-13(11)25(17,20)21)15(19)23-7-10-8-24-14(18-10)12-2-1-5-22-12/h1-6,8H,7H2,(H2,17,20,21). The number of esters is 1. The van der Waals surface area contributed by atoms with Gasteiger partial charge in [-0.2, -0.15) is 0 Å². The Kier molecular flexibility index (Phi) is 4.91. The van der Waals surface area contributed by atoms with E-state index in [0.29, 0.717) is 16.5 Å². The predicted octanol–water partition coefficient (Wildman–Crippen LogP) is 3.06. The van der Waals surface area contributed by atoms with Crippen LogP contribution in [-0.2, 0) is 21.4 Å². The van der Waals surface area contributed by atoms with Crippen molar-refractivity contribution in [2.75, 3.05) is 0 Å². The van der Waals surface area contributed by atoms with Gasteiger partial charge in [0.25, 0.3) is 0 Å². The van der Waals surface area contributed by atoms with E-state index in [1.165, 1.54) is 23.5 Å². The third-order valence-corrected chi connectivity index (χ3v) is 5.41. The Bertz CT molecular complexity index is 1010. The first kappa shape index (κ1) is 17.6. The number of ether oxygens (including phenoxy) is 1. The fourth-order valence-corrected chi connectivity index (χ4v) is 3.80. The van der Waals surface area contributed by atoms with Gasteiger partial charge in [0.15, 0.2) is 10.8 Å². The van der Waals surface area contributed by atoms with Gasteiger partial charge in [0.05, 0.1) is 22.5 Å². The molecule has 0 bridgehead atoms. The highest BCUT2D eigenvalue weighted by atomic mass is 35.5. The van der Waals surface area contributed by atoms with Crippen LogP contribution in [-0.4, -0.2) is 19.4 Å². The van der Waals surface area contributed by atoms with E-state index in [-0.39, 0.29) is 22.1 Å². The molecular formula is C15H11ClN2O5S2. The highest BCUT2D eigenvalue weighted by Crippen LogP contribution is 2.25. The lowest BCUT2D eigenvalue weighted by Crippen LogP contribution is -2.14. The van der Waals surface area contributed by atoms with Gasteiger partial charge >= 0.3 is 5.97 Å². The molecule has 0 saturated heterocycles. The van der Waals surface area contributed by atoms with Crippen molar-refractivity contribution in [1.29, 1.82) is 0 Å². The average molecular weight is 399 g/mol. The molecule has 1 aromatic carbocycles. The van der Waals surface area contributed by atoms with Crippen molar-refractivity contribution in [2.24, 2.45) is 5.14 Å². The summed E-state index contributed by atoms with van der Waals surface area (Å²) < 4.78 is 33.3. The first-order valence-electron chi connectivity index (χ1n) is 6.82. The van der Waals surface area contributed by atoms with Gasteiger partial charge < -0.3 is 9.15 Å². The molecule has 0 radical (unpaired) electrons. The van der Waals surface area contributed by atoms with E-state index in [2.05, 4.69) is 4.98 Å². The molecule has 0 fully saturated rings. The molecule has 0 atom stereocenters. The summed E-state index contributed by atoms with van der Waals surface area (Å²) in [7, 11) is -4.04. The molecule has 0 aliphatic rings. The van der Waals surface area contributed by atoms with Gasteiger partial charge in [-0.25, -0.2) is 23.3 Å². The zero-order valence-corrected chi connectivity index (χ0v) is 14.9. The Balaban J connectivity index is 1.71. The van der Waals surface area contributed by atoms with E-state index in [9.17, 15) is 13.2 Å². The van der Waals surface area contributed by atoms with Crippen LogP contribution in [0.5, 0.6) is 0 Å². The number of halogens is 1. The van der Waals surface area contributed by atoms with Gasteiger partial charge in [-0.05, 0) is 30.3 Å². The minimum Gasteiger partial charge on any atom is -0.462 e. The van der Waals surface area contributed by atoms with Crippen LogP contribution in [0.2, 0.25) is 5.02 Å². The number of primary sulfonamides is 1. The number of rotatable bonds is 5. The normalized spacial score (nSPS) is 11.4. The van der Waals surface area contributed by atoms with Crippen LogP contribution in [0.3, 0.4) is 0 Å². The maximum Gasteiger partial charge on any atom is 0.338 e. The molecule has 3 aromatic rings. The Morgan fingerprint density at radius 3 is 2.84 bits per heavy atom. The van der Waals surface area contributed by atoms with Crippen LogP contribution in [0.25, 0.3) is 10.8 Å². The van der Waals surface area contributed by atoms with Crippen molar-refractivity contribution in [2.45, 2.75) is 11.5 Å². The molecule has 2 aromatic heterocycles. The second-order valence-electron chi connectivity index (χ2n) is 4.89. The lowest BCUT2D eigenvalue weighted by Gasteiger charge is -2.06. The average Bonchev–Trinajstić information content (AvgIpc) is 3.23. The van der Waals surface area contributed by atoms with Gasteiger partial charge in [0.1, 0.15) is 11.5 Å². The molecule has 130 valence electrons. The minimum atomic E-state index is -4.04. The van der Waals surface area contributed by atoms with Gasteiger partial charge in [-0.3, -0.25) is 0 Å². The molecule has 0 aliphatic heterocycles. The third kappa shape index (κ3) is 4.07. The summed E-state index contributed by atoms with van der Waals surface area (Å²) in [6.07, 6.45) is 1.54. The molecule has 0 amide bonds. The number of hydrogen-bond acceptors (Lipinski definition) is 7. The van der Waals surface area contributed by atoms with Crippen molar-refractivity contribution in [3.8, 4) is 10.8 Å². The molecule has 0 saturated carbocycles. The van der Waals surface area contributed by atoms with Crippen LogP contribution >= 0.6 is 22.9 Å². The van der Waals surface area contributed by atoms with E-state index in [4.69, 9.17) is 25.9 Å². The first-order valence-corrected chi connectivity index (χ1v) is 9.63. The molecule has 7 nitrogen and oxygen atoms in total. The van der Waals surface area contributed by atoms with Crippen LogP contribution < -0.4 is 5.14 Å². The number of nitrogens with zero attached hydrogens (tertiary/aromatic N) is 1. The molecule has 10 heteroatoms. The van der Waals surface area contributed by atoms with Crippen molar-refractivity contribution >= 4 is 38.9 Å². The fourth-order valence-electron chi connectivity index (χ4n) is 1.96. The van der Waals surface area contributed by atoms with Crippen molar-refractivity contribution < 1.29 is 22.4 Å². The highest BCUT2D eigenvalue weighted by Gasteiger charge is 2.17. The second kappa shape index (κ2) is 6.96. The molecule has 2 heterocycles. The lowest BCUT2D eigenvalue weighted by atomic mass is 10.2. The monoisotopic (exact) mass is 398 g/mol. The molecule has 0 unspecified atom stereocenters. The summed E-state index contributed by atoms with van der Waals surface area (Å²) >= 11 is 7.13. The number of thiazole rings is 1. The van der Waals surface area contributed by atoms with Gasteiger partial charge in [-0.15, -0.1) is 11.3 Å². The van der Waals surface area contributed by atoms with E-state index in [0.717, 1.165) is 6.07 Å². The molecule has 0 aliphatic carbocycles. The number of carbonyl (C=O) groups is 1. The second-order valence-corrected chi connectivity index (χ2v) is 7.68. The third-order valence-electron chi connectivity index (χ3n) is 3.11. The summed E-state index contributed by atoms with van der Waals surface area (Å²) in [6.45, 7) is -0.0661. The molecule has 0 spiro atoms. The number of benzene rings is 1. The van der Waals surface area contributed by atoms with Gasteiger partial charge in [-0.1, -0.05) is 11.6 Å². The van der Waals surface area contributed by atoms with Crippen LogP contribution in [0, 0.1) is 0 Å². The summed E-state index contributed by atoms with van der Waals surface area (Å²) in [5.74, 6) is -0.0906. The maximum atomic E-state index is 12.1. The van der Waals surface area contributed by atoms with Crippen LogP contribution in [0.4, 0.5) is 0 Å².